The minimum atomic E-state index is -0.222. The van der Waals surface area contributed by atoms with Crippen molar-refractivity contribution in [3.8, 4) is 0 Å². The van der Waals surface area contributed by atoms with Crippen LogP contribution in [0.3, 0.4) is 0 Å². The zero-order valence-electron chi connectivity index (χ0n) is 14.8. The van der Waals surface area contributed by atoms with E-state index in [1.54, 1.807) is 4.90 Å². The lowest BCUT2D eigenvalue weighted by molar-refractivity contribution is -0.129. The van der Waals surface area contributed by atoms with Crippen LogP contribution in [0.15, 0.2) is 24.4 Å². The topological polar surface area (TPSA) is 79.6 Å². The molecule has 1 atom stereocenters. The minimum Gasteiger partial charge on any atom is -0.356 e. The molecule has 0 radical (unpaired) electrons. The number of fused-ring (bicyclic) bond motifs is 1. The standard InChI is InChI=1S/C18H25N5O2/c1-13(2)11-22-12-14(10-17(22)24)18(25)19-8-5-7-16-21-20-15-6-3-4-9-23(15)16/h3-4,6,9,13-14H,5,7-8,10-12H2,1-2H3,(H,19,25). The van der Waals surface area contributed by atoms with Gasteiger partial charge in [0, 0.05) is 38.7 Å². The average Bonchev–Trinajstić information content (AvgIpc) is 3.15. The number of carbonyl (C=O) groups is 2. The summed E-state index contributed by atoms with van der Waals surface area (Å²) >= 11 is 0. The first-order chi connectivity index (χ1) is 12.0. The predicted octanol–water partition coefficient (Wildman–Crippen LogP) is 1.28. The maximum atomic E-state index is 12.3. The van der Waals surface area contributed by atoms with E-state index < -0.39 is 0 Å². The summed E-state index contributed by atoms with van der Waals surface area (Å²) in [6.07, 6.45) is 3.80. The summed E-state index contributed by atoms with van der Waals surface area (Å²) in [5, 5.41) is 11.3. The van der Waals surface area contributed by atoms with Gasteiger partial charge >= 0.3 is 0 Å². The summed E-state index contributed by atoms with van der Waals surface area (Å²) in [6, 6.07) is 5.79. The number of aromatic nitrogens is 3. The monoisotopic (exact) mass is 343 g/mol. The highest BCUT2D eigenvalue weighted by atomic mass is 16.2. The highest BCUT2D eigenvalue weighted by Crippen LogP contribution is 2.19. The molecule has 1 aliphatic heterocycles. The van der Waals surface area contributed by atoms with Crippen LogP contribution < -0.4 is 5.32 Å². The van der Waals surface area contributed by atoms with Crippen molar-refractivity contribution in [2.75, 3.05) is 19.6 Å². The molecule has 0 aromatic carbocycles. The Morgan fingerprint density at radius 1 is 1.36 bits per heavy atom. The maximum absolute atomic E-state index is 12.3. The Labute approximate surface area is 147 Å². The molecule has 3 heterocycles. The number of nitrogens with one attached hydrogen (secondary N) is 1. The van der Waals surface area contributed by atoms with E-state index in [4.69, 9.17) is 0 Å². The zero-order valence-corrected chi connectivity index (χ0v) is 14.8. The molecule has 2 aromatic rings. The van der Waals surface area contributed by atoms with Crippen molar-refractivity contribution in [3.05, 3.63) is 30.2 Å². The van der Waals surface area contributed by atoms with Crippen molar-refractivity contribution in [3.63, 3.8) is 0 Å². The van der Waals surface area contributed by atoms with Gasteiger partial charge in [-0.25, -0.2) is 0 Å². The Bertz CT molecular complexity index is 755. The van der Waals surface area contributed by atoms with Crippen molar-refractivity contribution in [1.82, 2.24) is 24.8 Å². The van der Waals surface area contributed by atoms with Crippen molar-refractivity contribution in [2.45, 2.75) is 33.1 Å². The number of hydrogen-bond acceptors (Lipinski definition) is 4. The fraction of sp³-hybridized carbons (Fsp3) is 0.556. The molecule has 2 amide bonds. The SMILES string of the molecule is CC(C)CN1CC(C(=O)NCCCc2nnc3ccccn23)CC1=O. The second-order valence-electron chi connectivity index (χ2n) is 7.03. The third-order valence-electron chi connectivity index (χ3n) is 4.43. The van der Waals surface area contributed by atoms with Crippen molar-refractivity contribution >= 4 is 17.5 Å². The quantitative estimate of drug-likeness (QED) is 0.768. The van der Waals surface area contributed by atoms with Gasteiger partial charge in [-0.1, -0.05) is 19.9 Å². The molecule has 1 N–H and O–H groups in total. The second kappa shape index (κ2) is 7.63. The van der Waals surface area contributed by atoms with E-state index in [0.29, 0.717) is 25.4 Å². The van der Waals surface area contributed by atoms with E-state index in [1.807, 2.05) is 28.8 Å². The largest absolute Gasteiger partial charge is 0.356 e. The molecular weight excluding hydrogens is 318 g/mol. The maximum Gasteiger partial charge on any atom is 0.225 e. The molecule has 1 saturated heterocycles. The number of carbonyl (C=O) groups excluding carboxylic acids is 2. The Kier molecular flexibility index (Phi) is 5.31. The summed E-state index contributed by atoms with van der Waals surface area (Å²) < 4.78 is 1.96. The Balaban J connectivity index is 1.43. The molecule has 2 aromatic heterocycles. The lowest BCUT2D eigenvalue weighted by Gasteiger charge is -2.18. The van der Waals surface area contributed by atoms with Gasteiger partial charge in [0.1, 0.15) is 5.82 Å². The highest BCUT2D eigenvalue weighted by molar-refractivity contribution is 5.89. The lowest BCUT2D eigenvalue weighted by Crippen LogP contribution is -2.34. The van der Waals surface area contributed by atoms with Crippen LogP contribution >= 0.6 is 0 Å². The van der Waals surface area contributed by atoms with Crippen LogP contribution in [0.1, 0.15) is 32.5 Å². The van der Waals surface area contributed by atoms with Crippen molar-refractivity contribution < 1.29 is 9.59 Å². The molecule has 0 saturated carbocycles. The highest BCUT2D eigenvalue weighted by Gasteiger charge is 2.34. The van der Waals surface area contributed by atoms with Gasteiger partial charge in [0.05, 0.1) is 5.92 Å². The molecule has 0 aliphatic carbocycles. The first-order valence-electron chi connectivity index (χ1n) is 8.88. The van der Waals surface area contributed by atoms with Gasteiger partial charge in [-0.2, -0.15) is 0 Å². The normalized spacial score (nSPS) is 17.6. The molecule has 1 fully saturated rings. The van der Waals surface area contributed by atoms with Gasteiger partial charge in [-0.05, 0) is 24.5 Å². The van der Waals surface area contributed by atoms with Crippen LogP contribution in [-0.4, -0.2) is 50.9 Å². The number of pyridine rings is 1. The van der Waals surface area contributed by atoms with E-state index >= 15 is 0 Å². The summed E-state index contributed by atoms with van der Waals surface area (Å²) in [6.45, 7) is 6.00. The molecule has 7 heteroatoms. The Morgan fingerprint density at radius 2 is 2.20 bits per heavy atom. The molecular formula is C18H25N5O2. The van der Waals surface area contributed by atoms with Gasteiger partial charge in [0.25, 0.3) is 0 Å². The van der Waals surface area contributed by atoms with Crippen LogP contribution in [0.25, 0.3) is 5.65 Å². The summed E-state index contributed by atoms with van der Waals surface area (Å²) in [7, 11) is 0. The average molecular weight is 343 g/mol. The number of rotatable bonds is 7. The number of hydrogen-bond donors (Lipinski definition) is 1. The Hall–Kier alpha value is -2.44. The summed E-state index contributed by atoms with van der Waals surface area (Å²) in [5.74, 6) is 1.16. The van der Waals surface area contributed by atoms with Crippen LogP contribution in [0.5, 0.6) is 0 Å². The zero-order chi connectivity index (χ0) is 17.8. The number of amides is 2. The van der Waals surface area contributed by atoms with E-state index in [2.05, 4.69) is 29.4 Å². The fourth-order valence-electron chi connectivity index (χ4n) is 3.23. The molecule has 1 aliphatic rings. The molecule has 1 unspecified atom stereocenters. The van der Waals surface area contributed by atoms with Crippen molar-refractivity contribution in [1.29, 1.82) is 0 Å². The van der Waals surface area contributed by atoms with E-state index in [-0.39, 0.29) is 17.7 Å². The molecule has 134 valence electrons. The molecule has 3 rings (SSSR count). The third kappa shape index (κ3) is 4.15. The van der Waals surface area contributed by atoms with Gasteiger partial charge in [-0.3, -0.25) is 14.0 Å². The van der Waals surface area contributed by atoms with E-state index in [0.717, 1.165) is 30.9 Å². The molecule has 0 bridgehead atoms. The molecule has 7 nitrogen and oxygen atoms in total. The van der Waals surface area contributed by atoms with Gasteiger partial charge in [0.2, 0.25) is 11.8 Å². The predicted molar refractivity (Wildman–Crippen MR) is 93.8 cm³/mol. The van der Waals surface area contributed by atoms with Crippen LogP contribution in [0, 0.1) is 11.8 Å². The summed E-state index contributed by atoms with van der Waals surface area (Å²) in [5.41, 5.74) is 0.830. The Morgan fingerprint density at radius 3 is 3.00 bits per heavy atom. The van der Waals surface area contributed by atoms with Gasteiger partial charge < -0.3 is 10.2 Å². The minimum absolute atomic E-state index is 0.0225. The van der Waals surface area contributed by atoms with Crippen LogP contribution in [0.2, 0.25) is 0 Å². The number of aryl methyl sites for hydroxylation is 1. The van der Waals surface area contributed by atoms with Crippen molar-refractivity contribution in [2.24, 2.45) is 11.8 Å². The molecule has 0 spiro atoms. The first kappa shape index (κ1) is 17.4. The fourth-order valence-corrected chi connectivity index (χ4v) is 3.23. The van der Waals surface area contributed by atoms with Gasteiger partial charge in [-0.15, -0.1) is 10.2 Å². The van der Waals surface area contributed by atoms with E-state index in [9.17, 15) is 9.59 Å². The summed E-state index contributed by atoms with van der Waals surface area (Å²) in [4.78, 5) is 26.0. The lowest BCUT2D eigenvalue weighted by atomic mass is 10.1. The van der Waals surface area contributed by atoms with Gasteiger partial charge in [0.15, 0.2) is 5.65 Å². The van der Waals surface area contributed by atoms with E-state index in [1.165, 1.54) is 0 Å². The number of nitrogens with zero attached hydrogens (tertiary/aromatic N) is 4. The molecule has 25 heavy (non-hydrogen) atoms. The first-order valence-corrected chi connectivity index (χ1v) is 8.88. The second-order valence-corrected chi connectivity index (χ2v) is 7.03. The van der Waals surface area contributed by atoms with Crippen LogP contribution in [0.4, 0.5) is 0 Å². The number of likely N-dealkylation sites (tertiary alicyclic amines) is 1. The smallest absolute Gasteiger partial charge is 0.225 e. The third-order valence-corrected chi connectivity index (χ3v) is 4.43. The van der Waals surface area contributed by atoms with Crippen LogP contribution in [-0.2, 0) is 16.0 Å².